The highest BCUT2D eigenvalue weighted by Crippen LogP contribution is 2.25. The Morgan fingerprint density at radius 1 is 1.43 bits per heavy atom. The fourth-order valence-electron chi connectivity index (χ4n) is 2.15. The normalized spacial score (nSPS) is 20.5. The summed E-state index contributed by atoms with van der Waals surface area (Å²) in [5.74, 6) is 0. The molecule has 0 amide bonds. The molecule has 3 heterocycles. The first-order chi connectivity index (χ1) is 10.1. The molecule has 1 N–H and O–H groups in total. The summed E-state index contributed by atoms with van der Waals surface area (Å²) in [6.45, 7) is 0.864. The van der Waals surface area contributed by atoms with E-state index < -0.39 is 10.0 Å². The molecule has 1 fully saturated rings. The van der Waals surface area contributed by atoms with Crippen LogP contribution in [0.3, 0.4) is 0 Å². The molecule has 21 heavy (non-hydrogen) atoms. The van der Waals surface area contributed by atoms with E-state index in [9.17, 15) is 8.42 Å². The highest BCUT2D eigenvalue weighted by atomic mass is 79.9. The lowest BCUT2D eigenvalue weighted by Gasteiger charge is -2.31. The van der Waals surface area contributed by atoms with E-state index in [4.69, 9.17) is 4.74 Å². The Balaban J connectivity index is 1.83. The quantitative estimate of drug-likeness (QED) is 0.821. The first kappa shape index (κ1) is 14.6. The molecule has 0 bridgehead atoms. The number of halogens is 1. The number of ether oxygens (including phenoxy) is 1. The first-order valence-corrected chi connectivity index (χ1v) is 8.53. The van der Waals surface area contributed by atoms with Crippen LogP contribution in [-0.2, 0) is 14.8 Å². The standard InChI is InChI=1S/C12H13BrN4O3S/c13-11-3-1-2-9(16-11)10-7-17(4-5-20-10)21(18,19)12-6-14-8-15-12/h1-3,6,8,10H,4-5,7H2,(H,14,15). The lowest BCUT2D eigenvalue weighted by Crippen LogP contribution is -2.42. The summed E-state index contributed by atoms with van der Waals surface area (Å²) in [6.07, 6.45) is 2.27. The predicted molar refractivity (Wildman–Crippen MR) is 78.0 cm³/mol. The van der Waals surface area contributed by atoms with Crippen LogP contribution < -0.4 is 0 Å². The Labute approximate surface area is 130 Å². The molecule has 112 valence electrons. The predicted octanol–water partition coefficient (Wildman–Crippen LogP) is 1.33. The van der Waals surface area contributed by atoms with Gasteiger partial charge in [0.2, 0.25) is 0 Å². The van der Waals surface area contributed by atoms with E-state index >= 15 is 0 Å². The molecule has 7 nitrogen and oxygen atoms in total. The molecule has 0 aliphatic carbocycles. The maximum Gasteiger partial charge on any atom is 0.260 e. The fraction of sp³-hybridized carbons (Fsp3) is 0.333. The molecule has 2 aromatic heterocycles. The molecule has 1 atom stereocenters. The monoisotopic (exact) mass is 372 g/mol. The fourth-order valence-corrected chi connectivity index (χ4v) is 3.83. The second-order valence-corrected chi connectivity index (χ2v) is 7.24. The minimum absolute atomic E-state index is 0.0883. The number of nitrogens with one attached hydrogen (secondary N) is 1. The van der Waals surface area contributed by atoms with Gasteiger partial charge in [0.05, 0.1) is 24.8 Å². The topological polar surface area (TPSA) is 88.2 Å². The average molecular weight is 373 g/mol. The molecule has 1 unspecified atom stereocenters. The molecule has 0 radical (unpaired) electrons. The third-order valence-electron chi connectivity index (χ3n) is 3.19. The van der Waals surface area contributed by atoms with Crippen LogP contribution in [0.1, 0.15) is 11.8 Å². The number of rotatable bonds is 3. The van der Waals surface area contributed by atoms with Crippen LogP contribution in [-0.4, -0.2) is 47.4 Å². The van der Waals surface area contributed by atoms with Crippen LogP contribution in [0.5, 0.6) is 0 Å². The SMILES string of the molecule is O=S(=O)(c1cnc[nH]1)N1CCOC(c2cccc(Br)n2)C1. The van der Waals surface area contributed by atoms with Crippen molar-refractivity contribution in [2.45, 2.75) is 11.1 Å². The van der Waals surface area contributed by atoms with Gasteiger partial charge in [0.1, 0.15) is 10.7 Å². The number of aromatic amines is 1. The summed E-state index contributed by atoms with van der Waals surface area (Å²) in [7, 11) is -3.57. The first-order valence-electron chi connectivity index (χ1n) is 6.30. The Morgan fingerprint density at radius 3 is 3.00 bits per heavy atom. The molecule has 1 saturated heterocycles. The smallest absolute Gasteiger partial charge is 0.260 e. The summed E-state index contributed by atoms with van der Waals surface area (Å²) >= 11 is 3.30. The number of sulfonamides is 1. The number of pyridine rings is 1. The van der Waals surface area contributed by atoms with E-state index in [2.05, 4.69) is 30.9 Å². The van der Waals surface area contributed by atoms with Crippen molar-refractivity contribution < 1.29 is 13.2 Å². The molecule has 3 rings (SSSR count). The van der Waals surface area contributed by atoms with Crippen molar-refractivity contribution in [2.24, 2.45) is 0 Å². The molecule has 1 aliphatic rings. The van der Waals surface area contributed by atoms with E-state index in [0.29, 0.717) is 23.4 Å². The number of H-pyrrole nitrogens is 1. The van der Waals surface area contributed by atoms with Gasteiger partial charge in [0, 0.05) is 13.1 Å². The summed E-state index contributed by atoms with van der Waals surface area (Å²) in [6, 6.07) is 5.48. The zero-order valence-corrected chi connectivity index (χ0v) is 13.3. The molecule has 1 aliphatic heterocycles. The molecular weight excluding hydrogens is 360 g/mol. The average Bonchev–Trinajstić information content (AvgIpc) is 3.02. The van der Waals surface area contributed by atoms with E-state index in [0.717, 1.165) is 0 Å². The second-order valence-electron chi connectivity index (χ2n) is 4.52. The number of hydrogen-bond acceptors (Lipinski definition) is 5. The van der Waals surface area contributed by atoms with Crippen LogP contribution in [0.25, 0.3) is 0 Å². The Morgan fingerprint density at radius 2 is 2.29 bits per heavy atom. The molecule has 2 aromatic rings. The second kappa shape index (κ2) is 5.84. The van der Waals surface area contributed by atoms with E-state index in [1.807, 2.05) is 18.2 Å². The van der Waals surface area contributed by atoms with Crippen molar-refractivity contribution in [2.75, 3.05) is 19.7 Å². The Bertz CT molecular complexity index is 720. The van der Waals surface area contributed by atoms with E-state index in [-0.39, 0.29) is 17.7 Å². The maximum absolute atomic E-state index is 12.5. The summed E-state index contributed by atoms with van der Waals surface area (Å²) in [5.41, 5.74) is 0.703. The number of nitrogens with zero attached hydrogens (tertiary/aromatic N) is 3. The van der Waals surface area contributed by atoms with Crippen molar-refractivity contribution in [3.63, 3.8) is 0 Å². The Hall–Kier alpha value is -1.29. The minimum atomic E-state index is -3.57. The number of imidazole rings is 1. The van der Waals surface area contributed by atoms with Gasteiger partial charge >= 0.3 is 0 Å². The van der Waals surface area contributed by atoms with Gasteiger partial charge in [-0.05, 0) is 28.1 Å². The van der Waals surface area contributed by atoms with Crippen molar-refractivity contribution in [1.82, 2.24) is 19.3 Å². The lowest BCUT2D eigenvalue weighted by atomic mass is 10.2. The maximum atomic E-state index is 12.5. The highest BCUT2D eigenvalue weighted by molar-refractivity contribution is 9.10. The number of morpholine rings is 1. The van der Waals surface area contributed by atoms with E-state index in [1.54, 1.807) is 0 Å². The zero-order valence-electron chi connectivity index (χ0n) is 10.9. The van der Waals surface area contributed by atoms with Crippen LogP contribution >= 0.6 is 15.9 Å². The van der Waals surface area contributed by atoms with Gasteiger partial charge in [-0.2, -0.15) is 4.31 Å². The van der Waals surface area contributed by atoms with Crippen LogP contribution in [0.2, 0.25) is 0 Å². The largest absolute Gasteiger partial charge is 0.369 e. The zero-order chi connectivity index (χ0) is 14.9. The highest BCUT2D eigenvalue weighted by Gasteiger charge is 2.32. The molecule has 0 aromatic carbocycles. The van der Waals surface area contributed by atoms with Gasteiger partial charge in [0.15, 0.2) is 5.03 Å². The van der Waals surface area contributed by atoms with Gasteiger partial charge < -0.3 is 9.72 Å². The molecular formula is C12H13BrN4O3S. The van der Waals surface area contributed by atoms with Crippen LogP contribution in [0.15, 0.2) is 40.4 Å². The number of aromatic nitrogens is 3. The number of hydrogen-bond donors (Lipinski definition) is 1. The summed E-state index contributed by atoms with van der Waals surface area (Å²) in [4.78, 5) is 10.7. The van der Waals surface area contributed by atoms with Crippen LogP contribution in [0, 0.1) is 0 Å². The lowest BCUT2D eigenvalue weighted by molar-refractivity contribution is -0.00507. The molecule has 9 heteroatoms. The van der Waals surface area contributed by atoms with E-state index in [1.165, 1.54) is 16.8 Å². The third kappa shape index (κ3) is 3.00. The summed E-state index contributed by atoms with van der Waals surface area (Å²) < 4.78 is 32.6. The van der Waals surface area contributed by atoms with Crippen molar-refractivity contribution in [3.05, 3.63) is 41.0 Å². The molecule has 0 spiro atoms. The summed E-state index contributed by atoms with van der Waals surface area (Å²) in [5, 5.41) is 0.0883. The van der Waals surface area contributed by atoms with Gasteiger partial charge in [-0.1, -0.05) is 6.07 Å². The van der Waals surface area contributed by atoms with Crippen molar-refractivity contribution in [3.8, 4) is 0 Å². The van der Waals surface area contributed by atoms with Gasteiger partial charge in [-0.3, -0.25) is 0 Å². The third-order valence-corrected chi connectivity index (χ3v) is 5.42. The van der Waals surface area contributed by atoms with Gasteiger partial charge in [0.25, 0.3) is 10.0 Å². The minimum Gasteiger partial charge on any atom is -0.369 e. The van der Waals surface area contributed by atoms with Crippen molar-refractivity contribution >= 4 is 26.0 Å². The van der Waals surface area contributed by atoms with Crippen LogP contribution in [0.4, 0.5) is 0 Å². The van der Waals surface area contributed by atoms with Crippen molar-refractivity contribution in [1.29, 1.82) is 0 Å². The van der Waals surface area contributed by atoms with Gasteiger partial charge in [-0.15, -0.1) is 0 Å². The molecule has 0 saturated carbocycles. The Kier molecular flexibility index (Phi) is 4.07. The van der Waals surface area contributed by atoms with Gasteiger partial charge in [-0.25, -0.2) is 18.4 Å².